The highest BCUT2D eigenvalue weighted by Crippen LogP contribution is 2.31. The molecule has 0 unspecified atom stereocenters. The zero-order valence-corrected chi connectivity index (χ0v) is 12.0. The second-order valence-corrected chi connectivity index (χ2v) is 4.90. The molecule has 0 amide bonds. The third-order valence-corrected chi connectivity index (χ3v) is 3.00. The Morgan fingerprint density at radius 3 is 2.83 bits per heavy atom. The van der Waals surface area contributed by atoms with E-state index in [9.17, 15) is 0 Å². The first-order chi connectivity index (χ1) is 8.58. The van der Waals surface area contributed by atoms with Crippen LogP contribution in [0.15, 0.2) is 28.7 Å². The lowest BCUT2D eigenvalue weighted by Crippen LogP contribution is -2.00. The van der Waals surface area contributed by atoms with Crippen LogP contribution in [0, 0.1) is 0 Å². The number of halogens is 2. The number of nitrogen functional groups attached to an aromatic ring is 1. The van der Waals surface area contributed by atoms with Crippen molar-refractivity contribution in [2.24, 2.45) is 0 Å². The van der Waals surface area contributed by atoms with Crippen molar-refractivity contribution in [3.8, 4) is 11.6 Å². The minimum Gasteiger partial charge on any atom is -0.437 e. The van der Waals surface area contributed by atoms with Gasteiger partial charge < -0.3 is 10.5 Å². The topological polar surface area (TPSA) is 61.0 Å². The van der Waals surface area contributed by atoms with Crippen molar-refractivity contribution in [3.05, 3.63) is 39.6 Å². The predicted octanol–water partition coefficient (Wildman–Crippen LogP) is 3.83. The molecule has 1 heterocycles. The van der Waals surface area contributed by atoms with Crippen LogP contribution in [0.5, 0.6) is 11.6 Å². The molecule has 0 aliphatic carbocycles. The quantitative estimate of drug-likeness (QED) is 0.930. The highest BCUT2D eigenvalue weighted by atomic mass is 79.9. The van der Waals surface area contributed by atoms with Crippen LogP contribution in [0.1, 0.15) is 12.7 Å². The van der Waals surface area contributed by atoms with Gasteiger partial charge in [-0.25, -0.2) is 4.98 Å². The highest BCUT2D eigenvalue weighted by molar-refractivity contribution is 9.10. The van der Waals surface area contributed by atoms with Crippen molar-refractivity contribution >= 4 is 33.3 Å². The summed E-state index contributed by atoms with van der Waals surface area (Å²) in [6, 6.07) is 6.91. The van der Waals surface area contributed by atoms with E-state index in [1.165, 1.54) is 0 Å². The molecule has 0 fully saturated rings. The van der Waals surface area contributed by atoms with E-state index in [1.807, 2.05) is 13.0 Å². The molecule has 18 heavy (non-hydrogen) atoms. The number of hydrogen-bond acceptors (Lipinski definition) is 4. The summed E-state index contributed by atoms with van der Waals surface area (Å²) in [4.78, 5) is 8.31. The van der Waals surface area contributed by atoms with Gasteiger partial charge in [0.25, 0.3) is 0 Å². The van der Waals surface area contributed by atoms with Gasteiger partial charge in [0.1, 0.15) is 17.4 Å². The van der Waals surface area contributed by atoms with E-state index < -0.39 is 0 Å². The van der Waals surface area contributed by atoms with Crippen LogP contribution in [0.3, 0.4) is 0 Å². The Morgan fingerprint density at radius 1 is 1.33 bits per heavy atom. The number of rotatable bonds is 3. The minimum absolute atomic E-state index is 0.378. The summed E-state index contributed by atoms with van der Waals surface area (Å²) in [7, 11) is 0. The number of anilines is 1. The van der Waals surface area contributed by atoms with Crippen molar-refractivity contribution in [2.45, 2.75) is 13.3 Å². The Morgan fingerprint density at radius 2 is 2.11 bits per heavy atom. The van der Waals surface area contributed by atoms with Crippen LogP contribution in [-0.4, -0.2) is 9.97 Å². The molecule has 0 aliphatic heterocycles. The molecule has 0 radical (unpaired) electrons. The Balaban J connectivity index is 2.33. The smallest absolute Gasteiger partial charge is 0.224 e. The van der Waals surface area contributed by atoms with Crippen molar-refractivity contribution in [3.63, 3.8) is 0 Å². The summed E-state index contributed by atoms with van der Waals surface area (Å²) in [5, 5.41) is 0.508. The molecule has 0 saturated carbocycles. The van der Waals surface area contributed by atoms with Crippen LogP contribution in [-0.2, 0) is 6.42 Å². The summed E-state index contributed by atoms with van der Waals surface area (Å²) in [6.07, 6.45) is 0.688. The monoisotopic (exact) mass is 327 g/mol. The van der Waals surface area contributed by atoms with E-state index in [0.29, 0.717) is 34.7 Å². The molecule has 0 atom stereocenters. The van der Waals surface area contributed by atoms with Gasteiger partial charge in [-0.05, 0) is 18.2 Å². The fraction of sp³-hybridized carbons (Fsp3) is 0.167. The Labute approximate surface area is 118 Å². The first kappa shape index (κ1) is 13.1. The molecule has 6 heteroatoms. The molecular weight excluding hydrogens is 318 g/mol. The van der Waals surface area contributed by atoms with Gasteiger partial charge in [-0.3, -0.25) is 0 Å². The summed E-state index contributed by atoms with van der Waals surface area (Å²) in [6.45, 7) is 1.95. The Hall–Kier alpha value is -1.33. The molecule has 0 bridgehead atoms. The fourth-order valence-electron chi connectivity index (χ4n) is 1.37. The summed E-state index contributed by atoms with van der Waals surface area (Å²) < 4.78 is 6.49. The van der Waals surface area contributed by atoms with Crippen molar-refractivity contribution in [1.29, 1.82) is 0 Å². The van der Waals surface area contributed by atoms with Gasteiger partial charge in [0.15, 0.2) is 0 Å². The van der Waals surface area contributed by atoms with E-state index in [1.54, 1.807) is 18.2 Å². The molecule has 2 aromatic rings. The van der Waals surface area contributed by atoms with Gasteiger partial charge in [0.05, 0.1) is 5.02 Å². The summed E-state index contributed by atoms with van der Waals surface area (Å²) >= 11 is 9.40. The maximum absolute atomic E-state index is 6.04. The second-order valence-electron chi connectivity index (χ2n) is 3.58. The van der Waals surface area contributed by atoms with Crippen LogP contribution in [0.4, 0.5) is 5.82 Å². The lowest BCUT2D eigenvalue weighted by Gasteiger charge is -2.08. The number of benzene rings is 1. The van der Waals surface area contributed by atoms with Crippen molar-refractivity contribution in [2.75, 3.05) is 5.73 Å². The lowest BCUT2D eigenvalue weighted by molar-refractivity contribution is 0.459. The van der Waals surface area contributed by atoms with Gasteiger partial charge in [0.2, 0.25) is 5.88 Å². The number of nitrogens with two attached hydrogens (primary N) is 1. The fourth-order valence-corrected chi connectivity index (χ4v) is 1.87. The molecule has 4 nitrogen and oxygen atoms in total. The third kappa shape index (κ3) is 3.11. The van der Waals surface area contributed by atoms with Gasteiger partial charge >= 0.3 is 0 Å². The normalized spacial score (nSPS) is 10.4. The highest BCUT2D eigenvalue weighted by Gasteiger charge is 2.07. The number of hydrogen-bond donors (Lipinski definition) is 1. The van der Waals surface area contributed by atoms with E-state index in [0.717, 1.165) is 4.47 Å². The number of ether oxygens (including phenoxy) is 1. The first-order valence-corrected chi connectivity index (χ1v) is 6.52. The number of aryl methyl sites for hydroxylation is 1. The molecule has 1 aromatic carbocycles. The van der Waals surface area contributed by atoms with Gasteiger partial charge in [-0.2, -0.15) is 4.98 Å². The number of aromatic nitrogens is 2. The minimum atomic E-state index is 0.378. The Bertz CT molecular complexity index is 577. The van der Waals surface area contributed by atoms with Crippen LogP contribution < -0.4 is 10.5 Å². The van der Waals surface area contributed by atoms with Crippen LogP contribution in [0.2, 0.25) is 5.02 Å². The molecular formula is C12H11BrClN3O. The average molecular weight is 329 g/mol. The molecule has 0 spiro atoms. The largest absolute Gasteiger partial charge is 0.437 e. The average Bonchev–Trinajstić information content (AvgIpc) is 2.33. The van der Waals surface area contributed by atoms with Crippen molar-refractivity contribution < 1.29 is 4.74 Å². The van der Waals surface area contributed by atoms with E-state index >= 15 is 0 Å². The first-order valence-electron chi connectivity index (χ1n) is 5.35. The maximum Gasteiger partial charge on any atom is 0.224 e. The molecule has 94 valence electrons. The predicted molar refractivity (Wildman–Crippen MR) is 75.0 cm³/mol. The molecule has 1 aromatic heterocycles. The third-order valence-electron chi connectivity index (χ3n) is 2.19. The summed E-state index contributed by atoms with van der Waals surface area (Å²) in [5.74, 6) is 1.92. The van der Waals surface area contributed by atoms with E-state index in [2.05, 4.69) is 25.9 Å². The molecule has 0 saturated heterocycles. The van der Waals surface area contributed by atoms with Gasteiger partial charge in [-0.15, -0.1) is 0 Å². The SMILES string of the molecule is CCc1nc(N)cc(Oc2cc(Br)ccc2Cl)n1. The Kier molecular flexibility index (Phi) is 4.04. The van der Waals surface area contributed by atoms with Crippen LogP contribution in [0.25, 0.3) is 0 Å². The van der Waals surface area contributed by atoms with E-state index in [-0.39, 0.29) is 0 Å². The maximum atomic E-state index is 6.04. The standard InChI is InChI=1S/C12H11BrClN3O/c1-2-11-16-10(15)6-12(17-11)18-9-5-7(13)3-4-8(9)14/h3-6H,2H2,1H3,(H2,15,16,17). The molecule has 2 N–H and O–H groups in total. The second kappa shape index (κ2) is 5.54. The zero-order valence-electron chi connectivity index (χ0n) is 9.65. The van der Waals surface area contributed by atoms with E-state index in [4.69, 9.17) is 22.1 Å². The molecule has 0 aliphatic rings. The van der Waals surface area contributed by atoms with Crippen molar-refractivity contribution in [1.82, 2.24) is 9.97 Å². The number of nitrogens with zero attached hydrogens (tertiary/aromatic N) is 2. The van der Waals surface area contributed by atoms with Crippen LogP contribution >= 0.6 is 27.5 Å². The van der Waals surface area contributed by atoms with Gasteiger partial charge in [-0.1, -0.05) is 34.5 Å². The van der Waals surface area contributed by atoms with Gasteiger partial charge in [0, 0.05) is 17.0 Å². The molecule has 2 rings (SSSR count). The zero-order chi connectivity index (χ0) is 13.1. The summed E-state index contributed by atoms with van der Waals surface area (Å²) in [5.41, 5.74) is 5.68. The lowest BCUT2D eigenvalue weighted by atomic mass is 10.3.